The molecule has 0 saturated carbocycles. The van der Waals surface area contributed by atoms with Crippen molar-refractivity contribution in [1.29, 1.82) is 5.26 Å². The van der Waals surface area contributed by atoms with E-state index in [1.165, 1.54) is 11.3 Å². The summed E-state index contributed by atoms with van der Waals surface area (Å²) in [5, 5.41) is 11.9. The zero-order valence-corrected chi connectivity index (χ0v) is 12.7. The lowest BCUT2D eigenvalue weighted by Gasteiger charge is -2.33. The van der Waals surface area contributed by atoms with Crippen LogP contribution in [0.5, 0.6) is 0 Å². The van der Waals surface area contributed by atoms with E-state index in [1.807, 2.05) is 6.92 Å². The maximum Gasteiger partial charge on any atom is 0.418 e. The second kappa shape index (κ2) is 6.01. The molecule has 1 aliphatic rings. The highest BCUT2D eigenvalue weighted by molar-refractivity contribution is 7.09. The summed E-state index contributed by atoms with van der Waals surface area (Å²) in [5.41, 5.74) is 0.874. The van der Waals surface area contributed by atoms with Gasteiger partial charge in [0, 0.05) is 11.1 Å². The largest absolute Gasteiger partial charge is 0.449 e. The first-order valence-corrected chi connectivity index (χ1v) is 7.24. The molecule has 2 atom stereocenters. The average Bonchev–Trinajstić information content (AvgIpc) is 2.84. The number of ether oxygens (including phenoxy) is 1. The number of imide groups is 1. The number of aromatic nitrogens is 1. The monoisotopic (exact) mass is 306 g/mol. The van der Waals surface area contributed by atoms with E-state index in [9.17, 15) is 14.9 Å². The molecular formula is C13H14N4O3S. The molecule has 110 valence electrons. The first-order chi connectivity index (χ1) is 9.99. The number of carbonyl (C=O) groups excluding carboxylic acids is 2. The van der Waals surface area contributed by atoms with Crippen LogP contribution in [0.3, 0.4) is 0 Å². The van der Waals surface area contributed by atoms with Crippen molar-refractivity contribution in [2.75, 3.05) is 6.61 Å². The Balaban J connectivity index is 2.51. The molecule has 0 saturated heterocycles. The number of nitrogens with zero attached hydrogens (tertiary/aromatic N) is 4. The van der Waals surface area contributed by atoms with Crippen molar-refractivity contribution in [3.8, 4) is 6.07 Å². The van der Waals surface area contributed by atoms with Gasteiger partial charge < -0.3 is 4.74 Å². The molecule has 1 aromatic rings. The Bertz CT molecular complexity index is 646. The molecule has 8 heteroatoms. The van der Waals surface area contributed by atoms with Gasteiger partial charge in [0.05, 0.1) is 23.4 Å². The number of hydrogen-bond donors (Lipinski definition) is 0. The van der Waals surface area contributed by atoms with Gasteiger partial charge in [0.2, 0.25) is 0 Å². The highest BCUT2D eigenvalue weighted by atomic mass is 32.1. The fourth-order valence-electron chi connectivity index (χ4n) is 2.14. The van der Waals surface area contributed by atoms with Gasteiger partial charge in [0.25, 0.3) is 0 Å². The van der Waals surface area contributed by atoms with E-state index in [0.717, 1.165) is 9.91 Å². The first kappa shape index (κ1) is 15.1. The minimum Gasteiger partial charge on any atom is -0.449 e. The van der Waals surface area contributed by atoms with Crippen molar-refractivity contribution in [1.82, 2.24) is 9.88 Å². The lowest BCUT2D eigenvalue weighted by molar-refractivity contribution is 0.0975. The average molecular weight is 306 g/mol. The minimum absolute atomic E-state index is 0.130. The molecule has 0 aromatic carbocycles. The van der Waals surface area contributed by atoms with Crippen molar-refractivity contribution < 1.29 is 14.3 Å². The van der Waals surface area contributed by atoms with Crippen molar-refractivity contribution in [3.05, 3.63) is 16.1 Å². The Morgan fingerprint density at radius 3 is 2.81 bits per heavy atom. The Morgan fingerprint density at radius 1 is 1.57 bits per heavy atom. The molecule has 1 aliphatic heterocycles. The van der Waals surface area contributed by atoms with E-state index < -0.39 is 24.1 Å². The molecule has 0 fully saturated rings. The van der Waals surface area contributed by atoms with Crippen molar-refractivity contribution in [2.45, 2.75) is 26.8 Å². The molecule has 7 nitrogen and oxygen atoms in total. The topological polar surface area (TPSA) is 95.6 Å². The summed E-state index contributed by atoms with van der Waals surface area (Å²) in [6, 6.07) is 0.561. The summed E-state index contributed by atoms with van der Waals surface area (Å²) in [6.45, 7) is 5.19. The van der Waals surface area contributed by atoms with Gasteiger partial charge >= 0.3 is 12.1 Å². The lowest BCUT2D eigenvalue weighted by atomic mass is 9.92. The summed E-state index contributed by atoms with van der Waals surface area (Å²) in [6.07, 6.45) is -0.811. The second-order valence-electron chi connectivity index (χ2n) is 4.45. The number of nitriles is 1. The van der Waals surface area contributed by atoms with Crippen LogP contribution in [-0.2, 0) is 4.74 Å². The molecule has 0 N–H and O–H groups in total. The van der Waals surface area contributed by atoms with Crippen LogP contribution < -0.4 is 0 Å². The van der Waals surface area contributed by atoms with E-state index in [0.29, 0.717) is 11.4 Å². The van der Waals surface area contributed by atoms with Gasteiger partial charge in [-0.3, -0.25) is 0 Å². The third-order valence-corrected chi connectivity index (χ3v) is 3.86. The van der Waals surface area contributed by atoms with E-state index in [1.54, 1.807) is 19.2 Å². The SMILES string of the molecule is CCOC(=O)N1C(=O)N=C(C)C(C#N)C1c1csc(C)n1. The third kappa shape index (κ3) is 2.78. The number of hydrogen-bond acceptors (Lipinski definition) is 6. The van der Waals surface area contributed by atoms with Gasteiger partial charge in [-0.25, -0.2) is 24.5 Å². The van der Waals surface area contributed by atoms with E-state index in [2.05, 4.69) is 16.0 Å². The van der Waals surface area contributed by atoms with Gasteiger partial charge in [-0.05, 0) is 20.8 Å². The molecule has 21 heavy (non-hydrogen) atoms. The first-order valence-electron chi connectivity index (χ1n) is 6.36. The van der Waals surface area contributed by atoms with E-state index in [-0.39, 0.29) is 6.61 Å². The van der Waals surface area contributed by atoms with Crippen LogP contribution in [0.2, 0.25) is 0 Å². The fourth-order valence-corrected chi connectivity index (χ4v) is 2.78. The van der Waals surface area contributed by atoms with Gasteiger partial charge in [-0.15, -0.1) is 11.3 Å². The number of amides is 3. The quantitative estimate of drug-likeness (QED) is 0.837. The third-order valence-electron chi connectivity index (χ3n) is 3.07. The predicted molar refractivity (Wildman–Crippen MR) is 76.1 cm³/mol. The number of carbonyl (C=O) groups is 2. The smallest absolute Gasteiger partial charge is 0.418 e. The Hall–Kier alpha value is -2.27. The second-order valence-corrected chi connectivity index (χ2v) is 5.51. The van der Waals surface area contributed by atoms with Gasteiger partial charge in [0.1, 0.15) is 12.0 Å². The molecule has 2 unspecified atom stereocenters. The Kier molecular flexibility index (Phi) is 4.33. The van der Waals surface area contributed by atoms with Crippen LogP contribution in [-0.4, -0.2) is 34.3 Å². The summed E-state index contributed by atoms with van der Waals surface area (Å²) >= 11 is 1.39. The maximum absolute atomic E-state index is 12.1. The Morgan fingerprint density at radius 2 is 2.29 bits per heavy atom. The number of thiazole rings is 1. The molecule has 1 aromatic heterocycles. The van der Waals surface area contributed by atoms with Crippen molar-refractivity contribution >= 4 is 29.2 Å². The summed E-state index contributed by atoms with van der Waals surface area (Å²) in [7, 11) is 0. The Labute approximate surface area is 125 Å². The summed E-state index contributed by atoms with van der Waals surface area (Å²) < 4.78 is 4.90. The van der Waals surface area contributed by atoms with Crippen LogP contribution in [0.15, 0.2) is 10.4 Å². The number of rotatable bonds is 2. The van der Waals surface area contributed by atoms with Crippen LogP contribution in [0.1, 0.15) is 30.6 Å². The van der Waals surface area contributed by atoms with Crippen LogP contribution in [0.4, 0.5) is 9.59 Å². The highest BCUT2D eigenvalue weighted by Gasteiger charge is 2.43. The van der Waals surface area contributed by atoms with Crippen LogP contribution in [0.25, 0.3) is 0 Å². The fraction of sp³-hybridized carbons (Fsp3) is 0.462. The summed E-state index contributed by atoms with van der Waals surface area (Å²) in [5.74, 6) is -0.728. The molecule has 0 bridgehead atoms. The van der Waals surface area contributed by atoms with Gasteiger partial charge in [0.15, 0.2) is 0 Å². The zero-order chi connectivity index (χ0) is 15.6. The predicted octanol–water partition coefficient (Wildman–Crippen LogP) is 2.69. The van der Waals surface area contributed by atoms with Crippen LogP contribution >= 0.6 is 11.3 Å². The molecule has 0 radical (unpaired) electrons. The molecule has 2 rings (SSSR count). The van der Waals surface area contributed by atoms with E-state index in [4.69, 9.17) is 4.74 Å². The molecular weight excluding hydrogens is 292 g/mol. The minimum atomic E-state index is -0.811. The van der Waals surface area contributed by atoms with Gasteiger partial charge in [-0.2, -0.15) is 5.26 Å². The lowest BCUT2D eigenvalue weighted by Crippen LogP contribution is -2.47. The highest BCUT2D eigenvalue weighted by Crippen LogP contribution is 2.34. The zero-order valence-electron chi connectivity index (χ0n) is 11.9. The number of aliphatic imine (C=N–C) groups is 1. The standard InChI is InChI=1S/C13H14N4O3S/c1-4-20-13(19)17-11(10-6-21-8(3)16-10)9(5-14)7(2)15-12(17)18/h6,9,11H,4H2,1-3H3. The van der Waals surface area contributed by atoms with Crippen LogP contribution in [0, 0.1) is 24.2 Å². The summed E-state index contributed by atoms with van der Waals surface area (Å²) in [4.78, 5) is 33.1. The molecule has 2 heterocycles. The van der Waals surface area contributed by atoms with Crippen molar-refractivity contribution in [2.24, 2.45) is 10.9 Å². The molecule has 0 aliphatic carbocycles. The maximum atomic E-state index is 12.1. The molecule has 3 amide bonds. The van der Waals surface area contributed by atoms with E-state index >= 15 is 0 Å². The van der Waals surface area contributed by atoms with Gasteiger partial charge in [-0.1, -0.05) is 0 Å². The number of aryl methyl sites for hydroxylation is 1. The number of urea groups is 1. The normalized spacial score (nSPS) is 21.7. The van der Waals surface area contributed by atoms with Crippen molar-refractivity contribution in [3.63, 3.8) is 0 Å². The molecule has 0 spiro atoms.